The first kappa shape index (κ1) is 18.4. The summed E-state index contributed by atoms with van der Waals surface area (Å²) in [5.41, 5.74) is 1.87. The second-order valence-electron chi connectivity index (χ2n) is 5.67. The fourth-order valence-electron chi connectivity index (χ4n) is 2.62. The molecule has 1 heterocycles. The lowest BCUT2D eigenvalue weighted by atomic mass is 10.1. The molecule has 3 aromatic rings. The van der Waals surface area contributed by atoms with E-state index in [1.54, 1.807) is 12.1 Å². The molecule has 3 rings (SSSR count). The summed E-state index contributed by atoms with van der Waals surface area (Å²) in [5.74, 6) is 0.753. The quantitative estimate of drug-likeness (QED) is 0.322. The maximum Gasteiger partial charge on any atom is 0.269 e. The van der Waals surface area contributed by atoms with Gasteiger partial charge in [-0.05, 0) is 31.5 Å². The predicted molar refractivity (Wildman–Crippen MR) is 104 cm³/mol. The van der Waals surface area contributed by atoms with Gasteiger partial charge in [-0.15, -0.1) is 10.2 Å². The van der Waals surface area contributed by atoms with Gasteiger partial charge in [0.05, 0.1) is 4.92 Å². The first-order chi connectivity index (χ1) is 12.5. The second kappa shape index (κ2) is 7.88. The molecule has 0 aliphatic rings. The molecule has 0 aliphatic heterocycles. The number of rotatable bonds is 6. The zero-order valence-corrected chi connectivity index (χ0v) is 15.9. The van der Waals surface area contributed by atoms with E-state index in [1.165, 1.54) is 17.8 Å². The van der Waals surface area contributed by atoms with Crippen LogP contribution < -0.4 is 0 Å². The number of nitrogens with zero attached hydrogens (tertiary/aromatic N) is 4. The number of aromatic nitrogens is 3. The third-order valence-corrected chi connectivity index (χ3v) is 5.32. The van der Waals surface area contributed by atoms with Crippen molar-refractivity contribution in [2.75, 3.05) is 0 Å². The standard InChI is InChI=1S/C18H17ClN4O2S/c1-3-22-17(14-7-4-8-15(19)10-14)20-21-18(22)26-12(2)13-6-5-9-16(11-13)23(24)25/h4-12H,3H2,1-2H3/t12-/m1/s1. The highest BCUT2D eigenvalue weighted by Gasteiger charge is 2.18. The van der Waals surface area contributed by atoms with Gasteiger partial charge < -0.3 is 4.57 Å². The van der Waals surface area contributed by atoms with Crippen molar-refractivity contribution in [3.05, 3.63) is 69.2 Å². The average Bonchev–Trinajstić information content (AvgIpc) is 3.04. The molecular weight excluding hydrogens is 372 g/mol. The monoisotopic (exact) mass is 388 g/mol. The van der Waals surface area contributed by atoms with Gasteiger partial charge >= 0.3 is 0 Å². The van der Waals surface area contributed by atoms with Crippen LogP contribution in [-0.2, 0) is 6.54 Å². The van der Waals surface area contributed by atoms with E-state index in [0.29, 0.717) is 11.6 Å². The number of hydrogen-bond donors (Lipinski definition) is 0. The second-order valence-corrected chi connectivity index (χ2v) is 7.42. The van der Waals surface area contributed by atoms with Gasteiger partial charge in [-0.3, -0.25) is 10.1 Å². The van der Waals surface area contributed by atoms with Crippen LogP contribution in [0.5, 0.6) is 0 Å². The van der Waals surface area contributed by atoms with Crippen molar-refractivity contribution < 1.29 is 4.92 Å². The summed E-state index contributed by atoms with van der Waals surface area (Å²) in [5, 5.41) is 21.0. The SMILES string of the molecule is CCn1c(S[C@H](C)c2cccc([N+](=O)[O-])c2)nnc1-c1cccc(Cl)c1. The lowest BCUT2D eigenvalue weighted by Crippen LogP contribution is -2.01. The molecule has 1 atom stereocenters. The van der Waals surface area contributed by atoms with Crippen LogP contribution in [0.3, 0.4) is 0 Å². The van der Waals surface area contributed by atoms with E-state index in [4.69, 9.17) is 11.6 Å². The van der Waals surface area contributed by atoms with E-state index in [-0.39, 0.29) is 15.9 Å². The van der Waals surface area contributed by atoms with Crippen LogP contribution in [0.2, 0.25) is 5.02 Å². The van der Waals surface area contributed by atoms with E-state index < -0.39 is 0 Å². The fraction of sp³-hybridized carbons (Fsp3) is 0.222. The Balaban J connectivity index is 1.88. The van der Waals surface area contributed by atoms with Crippen LogP contribution in [0, 0.1) is 10.1 Å². The minimum Gasteiger partial charge on any atom is -0.302 e. The van der Waals surface area contributed by atoms with Crippen molar-refractivity contribution in [3.8, 4) is 11.4 Å². The molecule has 0 bridgehead atoms. The number of nitro benzene ring substituents is 1. The predicted octanol–water partition coefficient (Wildman–Crippen LogP) is 5.38. The first-order valence-electron chi connectivity index (χ1n) is 8.09. The zero-order valence-electron chi connectivity index (χ0n) is 14.3. The molecule has 8 heteroatoms. The maximum atomic E-state index is 11.0. The van der Waals surface area contributed by atoms with Crippen molar-refractivity contribution in [1.29, 1.82) is 0 Å². The number of thioether (sulfide) groups is 1. The molecular formula is C18H17ClN4O2S. The summed E-state index contributed by atoms with van der Waals surface area (Å²) in [6, 6.07) is 14.2. The Kier molecular flexibility index (Phi) is 5.58. The van der Waals surface area contributed by atoms with E-state index >= 15 is 0 Å². The smallest absolute Gasteiger partial charge is 0.269 e. The third-order valence-electron chi connectivity index (χ3n) is 3.95. The summed E-state index contributed by atoms with van der Waals surface area (Å²) in [6.07, 6.45) is 0. The van der Waals surface area contributed by atoms with Crippen LogP contribution in [0.4, 0.5) is 5.69 Å². The van der Waals surface area contributed by atoms with Gasteiger partial charge in [-0.1, -0.05) is 47.6 Å². The summed E-state index contributed by atoms with van der Waals surface area (Å²) < 4.78 is 2.02. The summed E-state index contributed by atoms with van der Waals surface area (Å²) in [4.78, 5) is 10.6. The van der Waals surface area contributed by atoms with Crippen LogP contribution in [0.1, 0.15) is 24.7 Å². The molecule has 134 valence electrons. The molecule has 1 aromatic heterocycles. The Morgan fingerprint density at radius 1 is 1.23 bits per heavy atom. The van der Waals surface area contributed by atoms with Crippen LogP contribution in [-0.4, -0.2) is 19.7 Å². The number of halogens is 1. The highest BCUT2D eigenvalue weighted by molar-refractivity contribution is 7.99. The molecule has 0 N–H and O–H groups in total. The van der Waals surface area contributed by atoms with E-state index in [9.17, 15) is 10.1 Å². The molecule has 0 unspecified atom stereocenters. The Hall–Kier alpha value is -2.38. The first-order valence-corrected chi connectivity index (χ1v) is 9.35. The lowest BCUT2D eigenvalue weighted by molar-refractivity contribution is -0.384. The molecule has 0 saturated carbocycles. The van der Waals surface area contributed by atoms with Crippen LogP contribution >= 0.6 is 23.4 Å². The van der Waals surface area contributed by atoms with Crippen molar-refractivity contribution in [3.63, 3.8) is 0 Å². The van der Waals surface area contributed by atoms with Crippen LogP contribution in [0.15, 0.2) is 53.7 Å². The van der Waals surface area contributed by atoms with Crippen molar-refractivity contribution in [2.45, 2.75) is 30.8 Å². The van der Waals surface area contributed by atoms with Gasteiger partial charge in [0.1, 0.15) is 0 Å². The van der Waals surface area contributed by atoms with Crippen molar-refractivity contribution >= 4 is 29.1 Å². The van der Waals surface area contributed by atoms with Crippen molar-refractivity contribution in [2.24, 2.45) is 0 Å². The lowest BCUT2D eigenvalue weighted by Gasteiger charge is -2.12. The van der Waals surface area contributed by atoms with E-state index in [0.717, 1.165) is 22.1 Å². The normalized spacial score (nSPS) is 12.1. The minimum atomic E-state index is -0.382. The number of hydrogen-bond acceptors (Lipinski definition) is 5. The Labute approximate surface area is 160 Å². The third kappa shape index (κ3) is 3.89. The average molecular weight is 389 g/mol. The fourth-order valence-corrected chi connectivity index (χ4v) is 3.84. The Morgan fingerprint density at radius 2 is 2.00 bits per heavy atom. The molecule has 26 heavy (non-hydrogen) atoms. The molecule has 0 saturated heterocycles. The molecule has 0 radical (unpaired) electrons. The van der Waals surface area contributed by atoms with Crippen LogP contribution in [0.25, 0.3) is 11.4 Å². The molecule has 0 spiro atoms. The molecule has 0 amide bonds. The molecule has 0 fully saturated rings. The minimum absolute atomic E-state index is 0.00314. The zero-order chi connectivity index (χ0) is 18.7. The molecule has 0 aliphatic carbocycles. The van der Waals surface area contributed by atoms with Crippen molar-refractivity contribution in [1.82, 2.24) is 14.8 Å². The van der Waals surface area contributed by atoms with E-state index in [1.807, 2.05) is 48.7 Å². The summed E-state index contributed by atoms with van der Waals surface area (Å²) >= 11 is 7.61. The van der Waals surface area contributed by atoms with Gasteiger partial charge in [-0.25, -0.2) is 0 Å². The van der Waals surface area contributed by atoms with Gasteiger partial charge in [0.25, 0.3) is 5.69 Å². The maximum absolute atomic E-state index is 11.0. The highest BCUT2D eigenvalue weighted by atomic mass is 35.5. The Morgan fingerprint density at radius 3 is 2.69 bits per heavy atom. The van der Waals surface area contributed by atoms with Gasteiger partial charge in [0, 0.05) is 34.5 Å². The van der Waals surface area contributed by atoms with Gasteiger partial charge in [-0.2, -0.15) is 0 Å². The number of non-ortho nitro benzene ring substituents is 1. The molecule has 2 aromatic carbocycles. The molecule has 6 nitrogen and oxygen atoms in total. The summed E-state index contributed by atoms with van der Waals surface area (Å²) in [7, 11) is 0. The van der Waals surface area contributed by atoms with Gasteiger partial charge in [0.2, 0.25) is 0 Å². The summed E-state index contributed by atoms with van der Waals surface area (Å²) in [6.45, 7) is 4.73. The van der Waals surface area contributed by atoms with E-state index in [2.05, 4.69) is 10.2 Å². The highest BCUT2D eigenvalue weighted by Crippen LogP contribution is 2.36. The topological polar surface area (TPSA) is 73.8 Å². The van der Waals surface area contributed by atoms with Gasteiger partial charge in [0.15, 0.2) is 11.0 Å². The Bertz CT molecular complexity index is 944. The largest absolute Gasteiger partial charge is 0.302 e. The number of nitro groups is 1. The number of benzene rings is 2.